The monoisotopic (exact) mass is 596 g/mol. The maximum absolute atomic E-state index is 13.2. The minimum atomic E-state index is -1.72. The second-order valence-electron chi connectivity index (χ2n) is 13.1. The molecule has 0 spiro atoms. The number of urea groups is 1. The fourth-order valence-corrected chi connectivity index (χ4v) is 6.56. The summed E-state index contributed by atoms with van der Waals surface area (Å²) < 4.78 is 6.47. The molecule has 2 fully saturated rings. The number of amides is 2. The van der Waals surface area contributed by atoms with Crippen molar-refractivity contribution in [3.8, 4) is 6.07 Å². The Balaban J connectivity index is 1.27. The van der Waals surface area contributed by atoms with E-state index in [0.717, 1.165) is 44.0 Å². The van der Waals surface area contributed by atoms with Crippen molar-refractivity contribution >= 4 is 43.1 Å². The highest BCUT2D eigenvalue weighted by Gasteiger charge is 2.38. The van der Waals surface area contributed by atoms with Gasteiger partial charge in [-0.15, -0.1) is 0 Å². The van der Waals surface area contributed by atoms with Crippen molar-refractivity contribution in [2.24, 2.45) is 5.92 Å². The summed E-state index contributed by atoms with van der Waals surface area (Å²) in [5.41, 5.74) is 2.11. The molecule has 1 aromatic carbocycles. The molecule has 41 heavy (non-hydrogen) atoms. The number of benzene rings is 1. The number of anilines is 3. The van der Waals surface area contributed by atoms with Crippen molar-refractivity contribution in [1.82, 2.24) is 9.88 Å². The molecule has 2 amide bonds. The van der Waals surface area contributed by atoms with Crippen LogP contribution in [-0.4, -0.2) is 69.1 Å². The highest BCUT2D eigenvalue weighted by molar-refractivity contribution is 6.74. The summed E-state index contributed by atoms with van der Waals surface area (Å²) in [4.78, 5) is 24.3. The molecule has 2 atom stereocenters. The summed E-state index contributed by atoms with van der Waals surface area (Å²) >= 11 is 6.27. The molecule has 8 nitrogen and oxygen atoms in total. The number of rotatable bonds is 6. The molecule has 10 heteroatoms. The lowest BCUT2D eigenvalue weighted by Crippen LogP contribution is -2.59. The molecule has 2 unspecified atom stereocenters. The zero-order valence-corrected chi connectivity index (χ0v) is 27.3. The van der Waals surface area contributed by atoms with Crippen LogP contribution < -0.4 is 15.1 Å². The maximum atomic E-state index is 13.2. The van der Waals surface area contributed by atoms with Crippen LogP contribution in [0.15, 0.2) is 36.5 Å². The first-order valence-electron chi connectivity index (χ1n) is 14.7. The van der Waals surface area contributed by atoms with Gasteiger partial charge in [0.2, 0.25) is 0 Å². The number of carbonyl (C=O) groups excluding carboxylic acids is 1. The number of carbonyl (C=O) groups is 1. The van der Waals surface area contributed by atoms with E-state index >= 15 is 0 Å². The molecule has 3 heterocycles. The lowest BCUT2D eigenvalue weighted by molar-refractivity contribution is 0.173. The van der Waals surface area contributed by atoms with Gasteiger partial charge in [-0.2, -0.15) is 5.26 Å². The Morgan fingerprint density at radius 3 is 2.44 bits per heavy atom. The van der Waals surface area contributed by atoms with Gasteiger partial charge in [0, 0.05) is 50.6 Å². The maximum Gasteiger partial charge on any atom is 0.322 e. The molecule has 4 rings (SSSR count). The van der Waals surface area contributed by atoms with Gasteiger partial charge in [0.1, 0.15) is 11.9 Å². The summed E-state index contributed by atoms with van der Waals surface area (Å²) in [5.74, 6) is 1.54. The summed E-state index contributed by atoms with van der Waals surface area (Å²) in [6, 6.07) is 11.5. The Morgan fingerprint density at radius 2 is 1.85 bits per heavy atom. The Labute approximate surface area is 251 Å². The highest BCUT2D eigenvalue weighted by Crippen LogP contribution is 2.37. The number of piperidine rings is 1. The minimum absolute atomic E-state index is 0.00485. The van der Waals surface area contributed by atoms with Crippen LogP contribution in [0.5, 0.6) is 0 Å². The van der Waals surface area contributed by atoms with E-state index in [1.54, 1.807) is 12.3 Å². The summed E-state index contributed by atoms with van der Waals surface area (Å²) in [6.45, 7) is 19.7. The van der Waals surface area contributed by atoms with Crippen LogP contribution >= 0.6 is 11.6 Å². The van der Waals surface area contributed by atoms with Gasteiger partial charge in [-0.25, -0.2) is 9.78 Å². The van der Waals surface area contributed by atoms with Gasteiger partial charge in [-0.05, 0) is 81.1 Å². The number of nitriles is 1. The first-order chi connectivity index (χ1) is 19.3. The quantitative estimate of drug-likeness (QED) is 0.362. The van der Waals surface area contributed by atoms with Crippen LogP contribution in [0.1, 0.15) is 53.0 Å². The van der Waals surface area contributed by atoms with Crippen LogP contribution in [0.4, 0.5) is 22.0 Å². The van der Waals surface area contributed by atoms with Gasteiger partial charge in [-0.1, -0.05) is 32.4 Å². The van der Waals surface area contributed by atoms with Crippen LogP contribution in [0.3, 0.4) is 0 Å². The lowest BCUT2D eigenvalue weighted by Gasteiger charge is -2.45. The Morgan fingerprint density at radius 1 is 1.15 bits per heavy atom. The molecular formula is C31H45ClN6O2Si. The molecule has 222 valence electrons. The number of hydrogen-bond acceptors (Lipinski definition) is 6. The predicted octanol–water partition coefficient (Wildman–Crippen LogP) is 6.98. The fourth-order valence-electron chi connectivity index (χ4n) is 5.26. The second kappa shape index (κ2) is 12.6. The average Bonchev–Trinajstić information content (AvgIpc) is 2.93. The Bertz CT molecular complexity index is 1250. The lowest BCUT2D eigenvalue weighted by atomic mass is 9.98. The van der Waals surface area contributed by atoms with E-state index in [1.807, 2.05) is 36.1 Å². The second-order valence-corrected chi connectivity index (χ2v) is 18.3. The van der Waals surface area contributed by atoms with Gasteiger partial charge in [0.25, 0.3) is 0 Å². The van der Waals surface area contributed by atoms with Gasteiger partial charge in [0.05, 0.1) is 22.5 Å². The van der Waals surface area contributed by atoms with Crippen molar-refractivity contribution in [2.45, 2.75) is 77.7 Å². The molecular weight excluding hydrogens is 552 g/mol. The molecule has 0 saturated carbocycles. The van der Waals surface area contributed by atoms with Gasteiger partial charge in [-0.3, -0.25) is 0 Å². The number of pyridine rings is 1. The number of piperazine rings is 1. The molecule has 2 aliphatic heterocycles. The smallest absolute Gasteiger partial charge is 0.322 e. The van der Waals surface area contributed by atoms with Gasteiger partial charge < -0.3 is 24.4 Å². The highest BCUT2D eigenvalue weighted by atomic mass is 35.5. The first-order valence-corrected chi connectivity index (χ1v) is 18.0. The van der Waals surface area contributed by atoms with E-state index < -0.39 is 8.32 Å². The minimum Gasteiger partial charge on any atom is -0.417 e. The van der Waals surface area contributed by atoms with Gasteiger partial charge >= 0.3 is 6.03 Å². The van der Waals surface area contributed by atoms with E-state index in [2.05, 4.69) is 67.0 Å². The van der Waals surface area contributed by atoms with Crippen molar-refractivity contribution in [2.75, 3.05) is 47.9 Å². The summed E-state index contributed by atoms with van der Waals surface area (Å²) in [7, 11) is -1.72. The normalized spacial score (nSPS) is 20.6. The topological polar surface area (TPSA) is 84.7 Å². The van der Waals surface area contributed by atoms with Crippen LogP contribution in [-0.2, 0) is 4.43 Å². The Hall–Kier alpha value is -2.80. The van der Waals surface area contributed by atoms with Gasteiger partial charge in [0.15, 0.2) is 8.32 Å². The SMILES string of the molecule is CC1CN(c2ccc(C#N)c(Cl)c2)C(C)CN1C(=O)Nc1ccc(N2CCC(CO[Si](C)(C)C(C)(C)C)CC2)nc1. The van der Waals surface area contributed by atoms with Crippen molar-refractivity contribution in [3.05, 3.63) is 47.1 Å². The van der Waals surface area contributed by atoms with E-state index in [1.165, 1.54) is 0 Å². The number of nitrogens with one attached hydrogen (secondary N) is 1. The largest absolute Gasteiger partial charge is 0.417 e. The van der Waals surface area contributed by atoms with Crippen molar-refractivity contribution in [3.63, 3.8) is 0 Å². The molecule has 0 radical (unpaired) electrons. The molecule has 1 aromatic heterocycles. The van der Waals surface area contributed by atoms with Crippen molar-refractivity contribution < 1.29 is 9.22 Å². The zero-order chi connectivity index (χ0) is 29.9. The van der Waals surface area contributed by atoms with E-state index in [4.69, 9.17) is 16.0 Å². The number of hydrogen-bond donors (Lipinski definition) is 1. The molecule has 2 aliphatic rings. The number of nitrogens with zero attached hydrogens (tertiary/aromatic N) is 5. The molecule has 0 bridgehead atoms. The summed E-state index contributed by atoms with van der Waals surface area (Å²) in [5, 5.41) is 12.9. The number of halogens is 1. The van der Waals surface area contributed by atoms with Crippen LogP contribution in [0.25, 0.3) is 0 Å². The fraction of sp³-hybridized carbons (Fsp3) is 0.581. The van der Waals surface area contributed by atoms with Crippen LogP contribution in [0, 0.1) is 17.2 Å². The Kier molecular flexibility index (Phi) is 9.57. The van der Waals surface area contributed by atoms with Crippen molar-refractivity contribution in [1.29, 1.82) is 5.26 Å². The van der Waals surface area contributed by atoms with E-state index in [0.29, 0.717) is 35.3 Å². The third-order valence-electron chi connectivity index (χ3n) is 9.08. The average molecular weight is 597 g/mol. The third-order valence-corrected chi connectivity index (χ3v) is 13.9. The van der Waals surface area contributed by atoms with Crippen LogP contribution in [0.2, 0.25) is 23.2 Å². The molecule has 2 saturated heterocycles. The zero-order valence-electron chi connectivity index (χ0n) is 25.6. The molecule has 0 aliphatic carbocycles. The first kappa shape index (κ1) is 31.1. The standard InChI is InChI=1S/C31H45ClN6O2Si/c1-22-20-38(23(2)19-37(22)27-10-8-25(17-33)28(32)16-27)30(39)35-26-9-11-29(34-18-26)36-14-12-24(13-15-36)21-40-41(6,7)31(3,4)5/h8-11,16,18,22-24H,12-15,19-21H2,1-7H3,(H,35,39). The van der Waals surface area contributed by atoms with E-state index in [-0.39, 0.29) is 23.2 Å². The van der Waals surface area contributed by atoms with E-state index in [9.17, 15) is 10.1 Å². The molecule has 1 N–H and O–H groups in total. The number of aromatic nitrogens is 1. The molecule has 2 aromatic rings. The third kappa shape index (κ3) is 7.35. The summed E-state index contributed by atoms with van der Waals surface area (Å²) in [6.07, 6.45) is 3.96. The predicted molar refractivity (Wildman–Crippen MR) is 170 cm³/mol.